The molecule has 0 bridgehead atoms. The van der Waals surface area contributed by atoms with Gasteiger partial charge in [-0.1, -0.05) is 13.8 Å². The standard InChI is InChI=1S/C20H26N4O4/c1-14(2)11-22-17(25)16-12-24-9-6-21-19(24)20(28-16)4-7-23(8-5-20)18(26)15-3-10-27-13-15/h3,6,9-10,13-14,16H,4-5,7-8,11-12H2,1-2H3,(H,22,25)/t16-/m0/s1. The minimum absolute atomic E-state index is 0.0472. The summed E-state index contributed by atoms with van der Waals surface area (Å²) in [4.78, 5) is 31.5. The van der Waals surface area contributed by atoms with E-state index in [0.717, 1.165) is 5.82 Å². The van der Waals surface area contributed by atoms with Gasteiger partial charge in [-0.15, -0.1) is 0 Å². The Kier molecular flexibility index (Phi) is 4.97. The van der Waals surface area contributed by atoms with Crippen molar-refractivity contribution >= 4 is 11.8 Å². The van der Waals surface area contributed by atoms with Crippen molar-refractivity contribution in [2.45, 2.75) is 44.9 Å². The van der Waals surface area contributed by atoms with Crippen molar-refractivity contribution in [3.63, 3.8) is 0 Å². The van der Waals surface area contributed by atoms with Gasteiger partial charge >= 0.3 is 0 Å². The van der Waals surface area contributed by atoms with Crippen LogP contribution in [-0.4, -0.2) is 52.0 Å². The van der Waals surface area contributed by atoms with Crippen molar-refractivity contribution in [2.24, 2.45) is 5.92 Å². The molecule has 4 rings (SSSR count). The molecule has 1 saturated heterocycles. The molecule has 8 heteroatoms. The molecule has 0 aliphatic carbocycles. The molecule has 4 heterocycles. The molecule has 2 aliphatic heterocycles. The van der Waals surface area contributed by atoms with E-state index in [-0.39, 0.29) is 11.8 Å². The largest absolute Gasteiger partial charge is 0.472 e. The minimum Gasteiger partial charge on any atom is -0.472 e. The van der Waals surface area contributed by atoms with Crippen LogP contribution in [0.15, 0.2) is 35.4 Å². The summed E-state index contributed by atoms with van der Waals surface area (Å²) in [5, 5.41) is 2.97. The number of carbonyl (C=O) groups excluding carboxylic acids is 2. The van der Waals surface area contributed by atoms with Crippen LogP contribution in [0.4, 0.5) is 0 Å². The summed E-state index contributed by atoms with van der Waals surface area (Å²) in [6, 6.07) is 1.67. The summed E-state index contributed by atoms with van der Waals surface area (Å²) in [6.07, 6.45) is 7.24. The van der Waals surface area contributed by atoms with E-state index >= 15 is 0 Å². The summed E-state index contributed by atoms with van der Waals surface area (Å²) >= 11 is 0. The highest BCUT2D eigenvalue weighted by Crippen LogP contribution is 2.40. The second-order valence-electron chi connectivity index (χ2n) is 7.95. The van der Waals surface area contributed by atoms with Crippen LogP contribution in [0.2, 0.25) is 0 Å². The second kappa shape index (κ2) is 7.43. The van der Waals surface area contributed by atoms with E-state index in [1.54, 1.807) is 17.2 Å². The average molecular weight is 386 g/mol. The molecular formula is C20H26N4O4. The Labute approximate surface area is 163 Å². The third-order valence-electron chi connectivity index (χ3n) is 5.46. The molecule has 0 saturated carbocycles. The number of nitrogens with one attached hydrogen (secondary N) is 1. The van der Waals surface area contributed by atoms with Gasteiger partial charge in [0.25, 0.3) is 11.8 Å². The van der Waals surface area contributed by atoms with E-state index in [1.165, 1.54) is 12.5 Å². The van der Waals surface area contributed by atoms with Crippen LogP contribution in [0.1, 0.15) is 42.9 Å². The van der Waals surface area contributed by atoms with Crippen molar-refractivity contribution in [1.29, 1.82) is 0 Å². The van der Waals surface area contributed by atoms with E-state index in [9.17, 15) is 9.59 Å². The van der Waals surface area contributed by atoms with Gasteiger partial charge in [-0.25, -0.2) is 4.98 Å². The molecule has 1 fully saturated rings. The lowest BCUT2D eigenvalue weighted by atomic mass is 9.88. The summed E-state index contributed by atoms with van der Waals surface area (Å²) < 4.78 is 13.4. The average Bonchev–Trinajstić information content (AvgIpc) is 3.38. The zero-order valence-electron chi connectivity index (χ0n) is 16.3. The quantitative estimate of drug-likeness (QED) is 0.865. The number of carbonyl (C=O) groups is 2. The lowest BCUT2D eigenvalue weighted by molar-refractivity contribution is -0.172. The molecule has 150 valence electrons. The molecule has 8 nitrogen and oxygen atoms in total. The lowest BCUT2D eigenvalue weighted by Crippen LogP contribution is -2.55. The van der Waals surface area contributed by atoms with Gasteiger partial charge in [-0.05, 0) is 12.0 Å². The van der Waals surface area contributed by atoms with E-state index in [1.807, 2.05) is 10.8 Å². The number of hydrogen-bond acceptors (Lipinski definition) is 5. The van der Waals surface area contributed by atoms with Gasteiger partial charge in [0.1, 0.15) is 17.7 Å². The van der Waals surface area contributed by atoms with Crippen molar-refractivity contribution in [2.75, 3.05) is 19.6 Å². The van der Waals surface area contributed by atoms with Crippen LogP contribution in [-0.2, 0) is 21.7 Å². The molecule has 0 aromatic carbocycles. The lowest BCUT2D eigenvalue weighted by Gasteiger charge is -2.45. The monoisotopic (exact) mass is 386 g/mol. The van der Waals surface area contributed by atoms with Crippen LogP contribution in [0.3, 0.4) is 0 Å². The van der Waals surface area contributed by atoms with Gasteiger partial charge in [0.2, 0.25) is 0 Å². The molecule has 0 unspecified atom stereocenters. The van der Waals surface area contributed by atoms with E-state index in [4.69, 9.17) is 9.15 Å². The SMILES string of the molecule is CC(C)CNC(=O)[C@@H]1Cn2ccnc2C2(CCN(C(=O)c3ccoc3)CC2)O1. The van der Waals surface area contributed by atoms with E-state index in [0.29, 0.717) is 50.5 Å². The number of amides is 2. The van der Waals surface area contributed by atoms with E-state index in [2.05, 4.69) is 24.1 Å². The normalized spacial score (nSPS) is 21.0. The topological polar surface area (TPSA) is 89.6 Å². The molecule has 0 radical (unpaired) electrons. The molecule has 28 heavy (non-hydrogen) atoms. The molecule has 1 N–H and O–H groups in total. The van der Waals surface area contributed by atoms with Gasteiger partial charge in [0.05, 0.1) is 18.4 Å². The Balaban J connectivity index is 1.49. The van der Waals surface area contributed by atoms with Gasteiger partial charge in [0.15, 0.2) is 6.10 Å². The molecule has 2 amide bonds. The summed E-state index contributed by atoms with van der Waals surface area (Å²) in [6.45, 7) is 6.27. The van der Waals surface area contributed by atoms with Crippen molar-refractivity contribution in [1.82, 2.24) is 19.8 Å². The van der Waals surface area contributed by atoms with Gasteiger partial charge in [-0.3, -0.25) is 9.59 Å². The maximum Gasteiger partial charge on any atom is 0.257 e. The number of imidazole rings is 1. The highest BCUT2D eigenvalue weighted by molar-refractivity contribution is 5.93. The summed E-state index contributed by atoms with van der Waals surface area (Å²) in [7, 11) is 0. The van der Waals surface area contributed by atoms with Gasteiger partial charge < -0.3 is 23.9 Å². The van der Waals surface area contributed by atoms with Crippen molar-refractivity contribution in [3.05, 3.63) is 42.4 Å². The number of rotatable bonds is 4. The highest BCUT2D eigenvalue weighted by atomic mass is 16.5. The number of fused-ring (bicyclic) bond motifs is 2. The maximum absolute atomic E-state index is 12.6. The highest BCUT2D eigenvalue weighted by Gasteiger charge is 2.47. The molecule has 1 atom stereocenters. The van der Waals surface area contributed by atoms with Crippen LogP contribution in [0.25, 0.3) is 0 Å². The molecule has 1 spiro atoms. The zero-order valence-corrected chi connectivity index (χ0v) is 16.3. The summed E-state index contributed by atoms with van der Waals surface area (Å²) in [5.74, 6) is 1.08. The van der Waals surface area contributed by atoms with Crippen LogP contribution >= 0.6 is 0 Å². The second-order valence-corrected chi connectivity index (χ2v) is 7.95. The number of furan rings is 1. The third-order valence-corrected chi connectivity index (χ3v) is 5.46. The first kappa shape index (κ1) is 18.7. The smallest absolute Gasteiger partial charge is 0.257 e. The van der Waals surface area contributed by atoms with Crippen LogP contribution in [0, 0.1) is 5.92 Å². The molecule has 2 aliphatic rings. The van der Waals surface area contributed by atoms with Gasteiger partial charge in [0, 0.05) is 44.9 Å². The number of hydrogen-bond donors (Lipinski definition) is 1. The summed E-state index contributed by atoms with van der Waals surface area (Å²) in [5.41, 5.74) is -0.0951. The Morgan fingerprint density at radius 2 is 2.14 bits per heavy atom. The van der Waals surface area contributed by atoms with E-state index < -0.39 is 11.7 Å². The van der Waals surface area contributed by atoms with Crippen LogP contribution < -0.4 is 5.32 Å². The number of piperidine rings is 1. The minimum atomic E-state index is -0.644. The maximum atomic E-state index is 12.6. The molecule has 2 aromatic heterocycles. The first-order chi connectivity index (χ1) is 13.5. The fourth-order valence-corrected chi connectivity index (χ4v) is 3.93. The van der Waals surface area contributed by atoms with Crippen LogP contribution in [0.5, 0.6) is 0 Å². The van der Waals surface area contributed by atoms with Crippen molar-refractivity contribution < 1.29 is 18.7 Å². The van der Waals surface area contributed by atoms with Crippen molar-refractivity contribution in [3.8, 4) is 0 Å². The fraction of sp³-hybridized carbons (Fsp3) is 0.550. The molecular weight excluding hydrogens is 360 g/mol. The predicted octanol–water partition coefficient (Wildman–Crippen LogP) is 1.78. The zero-order chi connectivity index (χ0) is 19.7. The number of aromatic nitrogens is 2. The predicted molar refractivity (Wildman–Crippen MR) is 100 cm³/mol. The first-order valence-corrected chi connectivity index (χ1v) is 9.77. The Hall–Kier alpha value is -2.61. The number of ether oxygens (including phenoxy) is 1. The Morgan fingerprint density at radius 3 is 2.82 bits per heavy atom. The third kappa shape index (κ3) is 3.44. The Morgan fingerprint density at radius 1 is 1.36 bits per heavy atom. The number of nitrogens with zero attached hydrogens (tertiary/aromatic N) is 3. The first-order valence-electron chi connectivity index (χ1n) is 9.77. The fourth-order valence-electron chi connectivity index (χ4n) is 3.93. The molecule has 2 aromatic rings. The van der Waals surface area contributed by atoms with Gasteiger partial charge in [-0.2, -0.15) is 0 Å². The Bertz CT molecular complexity index is 834. The number of likely N-dealkylation sites (tertiary alicyclic amines) is 1.